The van der Waals surface area contributed by atoms with Crippen molar-refractivity contribution < 1.29 is 9.15 Å². The molecule has 2 heterocycles. The number of hydrogen-bond donors (Lipinski definition) is 0. The number of aromatic nitrogens is 2. The van der Waals surface area contributed by atoms with E-state index in [2.05, 4.69) is 4.98 Å². The van der Waals surface area contributed by atoms with Crippen LogP contribution in [-0.2, 0) is 17.9 Å². The molecule has 0 N–H and O–H groups in total. The van der Waals surface area contributed by atoms with E-state index in [0.29, 0.717) is 32.2 Å². The van der Waals surface area contributed by atoms with Crippen LogP contribution in [0.25, 0.3) is 11.0 Å². The molecular weight excluding hydrogens is 442 g/mol. The van der Waals surface area contributed by atoms with Crippen LogP contribution in [0, 0.1) is 0 Å². The second-order valence-corrected chi connectivity index (χ2v) is 7.93. The molecule has 0 spiro atoms. The third-order valence-corrected chi connectivity index (χ3v) is 5.43. The van der Waals surface area contributed by atoms with E-state index in [0.717, 1.165) is 16.5 Å². The lowest BCUT2D eigenvalue weighted by Gasteiger charge is -2.20. The minimum atomic E-state index is -0.324. The fraction of sp³-hybridized carbons (Fsp3) is 0.150. The molecule has 1 atom stereocenters. The van der Waals surface area contributed by atoms with Gasteiger partial charge in [-0.3, -0.25) is 0 Å². The van der Waals surface area contributed by atoms with Crippen LogP contribution in [0.15, 0.2) is 59.7 Å². The zero-order valence-corrected chi connectivity index (χ0v) is 17.4. The lowest BCUT2D eigenvalue weighted by molar-refractivity contribution is 0.0283. The predicted octanol–water partition coefficient (Wildman–Crippen LogP) is 7.20. The van der Waals surface area contributed by atoms with E-state index in [9.17, 15) is 0 Å². The number of ether oxygens (including phenoxy) is 1. The first kappa shape index (κ1) is 19.6. The predicted molar refractivity (Wildman–Crippen MR) is 112 cm³/mol. The average Bonchev–Trinajstić information content (AvgIpc) is 3.28. The molecule has 0 aliphatic heterocycles. The second-order valence-electron chi connectivity index (χ2n) is 6.25. The number of imidazole rings is 1. The van der Waals surface area contributed by atoms with Crippen LogP contribution in [0.3, 0.4) is 0 Å². The van der Waals surface area contributed by atoms with E-state index < -0.39 is 0 Å². The van der Waals surface area contributed by atoms with E-state index in [1.165, 1.54) is 0 Å². The summed E-state index contributed by atoms with van der Waals surface area (Å²) in [6.07, 6.45) is 6.62. The van der Waals surface area contributed by atoms with Gasteiger partial charge in [0.15, 0.2) is 0 Å². The van der Waals surface area contributed by atoms with Gasteiger partial charge in [0, 0.05) is 50.0 Å². The van der Waals surface area contributed by atoms with Crippen LogP contribution in [0.2, 0.25) is 20.1 Å². The van der Waals surface area contributed by atoms with Gasteiger partial charge in [0.25, 0.3) is 0 Å². The minimum absolute atomic E-state index is 0.284. The zero-order chi connectivity index (χ0) is 19.7. The number of benzene rings is 2. The molecule has 4 rings (SSSR count). The second kappa shape index (κ2) is 8.36. The molecule has 0 saturated heterocycles. The molecule has 2 aromatic carbocycles. The Morgan fingerprint density at radius 3 is 2.61 bits per heavy atom. The number of hydrogen-bond acceptors (Lipinski definition) is 3. The SMILES string of the molecule is Clc1ccc(C(Cn2ccnc2)OCc2coc3cc(Cl)cc(Cl)c23)c(Cl)c1. The summed E-state index contributed by atoms with van der Waals surface area (Å²) in [7, 11) is 0. The molecule has 8 heteroatoms. The van der Waals surface area contributed by atoms with E-state index in [1.807, 2.05) is 16.8 Å². The van der Waals surface area contributed by atoms with Gasteiger partial charge in [-0.1, -0.05) is 52.5 Å². The van der Waals surface area contributed by atoms with Gasteiger partial charge >= 0.3 is 0 Å². The van der Waals surface area contributed by atoms with E-state index in [-0.39, 0.29) is 12.7 Å². The molecule has 2 aromatic heterocycles. The van der Waals surface area contributed by atoms with Gasteiger partial charge in [0.2, 0.25) is 0 Å². The highest BCUT2D eigenvalue weighted by Gasteiger charge is 2.19. The molecule has 0 aliphatic carbocycles. The van der Waals surface area contributed by atoms with Gasteiger partial charge in [-0.25, -0.2) is 4.98 Å². The van der Waals surface area contributed by atoms with Crippen LogP contribution >= 0.6 is 46.4 Å². The van der Waals surface area contributed by atoms with Crippen molar-refractivity contribution in [1.82, 2.24) is 9.55 Å². The highest BCUT2D eigenvalue weighted by Crippen LogP contribution is 2.35. The van der Waals surface area contributed by atoms with Crippen LogP contribution in [-0.4, -0.2) is 9.55 Å². The Morgan fingerprint density at radius 2 is 1.86 bits per heavy atom. The Hall–Kier alpha value is -1.69. The first-order valence-electron chi connectivity index (χ1n) is 8.38. The summed E-state index contributed by atoms with van der Waals surface area (Å²) in [5.41, 5.74) is 2.28. The Labute approximate surface area is 181 Å². The molecule has 0 aliphatic rings. The smallest absolute Gasteiger partial charge is 0.137 e. The fourth-order valence-electron chi connectivity index (χ4n) is 3.03. The summed E-state index contributed by atoms with van der Waals surface area (Å²) < 4.78 is 13.7. The zero-order valence-electron chi connectivity index (χ0n) is 14.4. The molecule has 28 heavy (non-hydrogen) atoms. The lowest BCUT2D eigenvalue weighted by atomic mass is 10.1. The van der Waals surface area contributed by atoms with E-state index in [4.69, 9.17) is 55.6 Å². The fourth-order valence-corrected chi connectivity index (χ4v) is 4.16. The number of rotatable bonds is 6. The maximum atomic E-state index is 6.42. The summed E-state index contributed by atoms with van der Waals surface area (Å²) in [4.78, 5) is 4.08. The van der Waals surface area contributed by atoms with Crippen LogP contribution in [0.1, 0.15) is 17.2 Å². The third kappa shape index (κ3) is 4.17. The Morgan fingerprint density at radius 1 is 1.04 bits per heavy atom. The Kier molecular flexibility index (Phi) is 5.85. The summed E-state index contributed by atoms with van der Waals surface area (Å²) >= 11 is 24.9. The quantitative estimate of drug-likeness (QED) is 0.308. The largest absolute Gasteiger partial charge is 0.464 e. The number of nitrogens with zero attached hydrogens (tertiary/aromatic N) is 2. The van der Waals surface area contributed by atoms with E-state index >= 15 is 0 Å². The number of halogens is 4. The standard InChI is InChI=1S/C20H14Cl4N2O2/c21-13-1-2-15(16(23)5-13)19(8-26-4-3-25-11-26)28-10-12-9-27-18-7-14(22)6-17(24)20(12)18/h1-7,9,11,19H,8,10H2. The Balaban J connectivity index is 1.63. The first-order chi connectivity index (χ1) is 13.5. The van der Waals surface area contributed by atoms with Crippen molar-refractivity contribution in [2.75, 3.05) is 0 Å². The molecule has 0 bridgehead atoms. The molecule has 4 nitrogen and oxygen atoms in total. The van der Waals surface area contributed by atoms with Gasteiger partial charge in [0.1, 0.15) is 11.7 Å². The van der Waals surface area contributed by atoms with Crippen LogP contribution in [0.4, 0.5) is 0 Å². The first-order valence-corrected chi connectivity index (χ1v) is 9.90. The van der Waals surface area contributed by atoms with Crippen LogP contribution < -0.4 is 0 Å². The normalized spacial score (nSPS) is 12.6. The van der Waals surface area contributed by atoms with Crippen LogP contribution in [0.5, 0.6) is 0 Å². The van der Waals surface area contributed by atoms with Gasteiger partial charge in [0.05, 0.1) is 30.8 Å². The van der Waals surface area contributed by atoms with Crippen molar-refractivity contribution in [3.8, 4) is 0 Å². The van der Waals surface area contributed by atoms with Crippen molar-refractivity contribution in [2.45, 2.75) is 19.3 Å². The van der Waals surface area contributed by atoms with E-state index in [1.54, 1.807) is 43.1 Å². The molecule has 0 fully saturated rings. The molecule has 0 amide bonds. The highest BCUT2D eigenvalue weighted by molar-refractivity contribution is 6.38. The summed E-state index contributed by atoms with van der Waals surface area (Å²) in [6.45, 7) is 0.823. The number of furan rings is 1. The van der Waals surface area contributed by atoms with Gasteiger partial charge in [-0.2, -0.15) is 0 Å². The van der Waals surface area contributed by atoms with Crippen molar-refractivity contribution in [2.24, 2.45) is 0 Å². The third-order valence-electron chi connectivity index (χ3n) is 4.35. The summed E-state index contributed by atoms with van der Waals surface area (Å²) in [5, 5.41) is 2.93. The molecule has 0 radical (unpaired) electrons. The van der Waals surface area contributed by atoms with Crippen molar-refractivity contribution in [3.05, 3.63) is 86.5 Å². The van der Waals surface area contributed by atoms with Crippen molar-refractivity contribution in [1.29, 1.82) is 0 Å². The van der Waals surface area contributed by atoms with Crippen molar-refractivity contribution >= 4 is 57.4 Å². The van der Waals surface area contributed by atoms with Crippen molar-refractivity contribution in [3.63, 3.8) is 0 Å². The highest BCUT2D eigenvalue weighted by atomic mass is 35.5. The average molecular weight is 456 g/mol. The lowest BCUT2D eigenvalue weighted by Crippen LogP contribution is -2.12. The monoisotopic (exact) mass is 454 g/mol. The molecular formula is C20H14Cl4N2O2. The molecule has 0 saturated carbocycles. The molecule has 1 unspecified atom stereocenters. The maximum Gasteiger partial charge on any atom is 0.137 e. The molecule has 144 valence electrons. The van der Waals surface area contributed by atoms with Gasteiger partial charge in [-0.05, 0) is 18.2 Å². The summed E-state index contributed by atoms with van der Waals surface area (Å²) in [6, 6.07) is 8.77. The Bertz CT molecular complexity index is 1110. The summed E-state index contributed by atoms with van der Waals surface area (Å²) in [5.74, 6) is 0. The molecule has 4 aromatic rings. The topological polar surface area (TPSA) is 40.2 Å². The minimum Gasteiger partial charge on any atom is -0.464 e. The van der Waals surface area contributed by atoms with Gasteiger partial charge in [-0.15, -0.1) is 0 Å². The maximum absolute atomic E-state index is 6.42. The van der Waals surface area contributed by atoms with Gasteiger partial charge < -0.3 is 13.7 Å². The number of fused-ring (bicyclic) bond motifs is 1.